The number of amides is 1. The minimum Gasteiger partial charge on any atom is -0.388 e. The van der Waals surface area contributed by atoms with E-state index in [-0.39, 0.29) is 5.91 Å². The second kappa shape index (κ2) is 9.55. The Balaban J connectivity index is 0.000000763. The average Bonchev–Trinajstić information content (AvgIpc) is 2.38. The second-order valence-corrected chi connectivity index (χ2v) is 6.52. The highest BCUT2D eigenvalue weighted by atomic mass is 32.2. The lowest BCUT2D eigenvalue weighted by molar-refractivity contribution is -0.114. The summed E-state index contributed by atoms with van der Waals surface area (Å²) in [5.74, 6) is 0.208. The fourth-order valence-electron chi connectivity index (χ4n) is 1.97. The fourth-order valence-corrected chi connectivity index (χ4v) is 1.97. The number of carbonyl (C=O) groups is 1. The van der Waals surface area contributed by atoms with Gasteiger partial charge in [0.2, 0.25) is 5.91 Å². The molecule has 1 atom stereocenters. The first-order valence-corrected chi connectivity index (χ1v) is 8.91. The first kappa shape index (κ1) is 20.6. The number of benzene rings is 1. The molecule has 22 heavy (non-hydrogen) atoms. The minimum atomic E-state index is -3.67. The van der Waals surface area contributed by atoms with Crippen LogP contribution in [-0.2, 0) is 14.9 Å². The van der Waals surface area contributed by atoms with Crippen LogP contribution in [0.2, 0.25) is 0 Å². The summed E-state index contributed by atoms with van der Waals surface area (Å²) in [6.07, 6.45) is 2.22. The van der Waals surface area contributed by atoms with Crippen LogP contribution in [0.3, 0.4) is 0 Å². The molecule has 0 heterocycles. The van der Waals surface area contributed by atoms with Crippen LogP contribution in [0.15, 0.2) is 24.3 Å². The third kappa shape index (κ3) is 9.49. The van der Waals surface area contributed by atoms with Gasteiger partial charge in [0.1, 0.15) is 0 Å². The number of carbonyl (C=O) groups excluding carboxylic acids is 1. The van der Waals surface area contributed by atoms with E-state index in [9.17, 15) is 18.3 Å². The zero-order chi connectivity index (χ0) is 17.3. The maximum atomic E-state index is 10.9. The van der Waals surface area contributed by atoms with Crippen LogP contribution in [0.25, 0.3) is 0 Å². The summed E-state index contributed by atoms with van der Waals surface area (Å²) >= 11 is 0. The van der Waals surface area contributed by atoms with E-state index in [1.165, 1.54) is 6.92 Å². The van der Waals surface area contributed by atoms with Gasteiger partial charge in [0, 0.05) is 12.6 Å². The molecule has 1 aromatic carbocycles. The summed E-state index contributed by atoms with van der Waals surface area (Å²) in [5.41, 5.74) is 1.67. The SMILES string of the molecule is CCC(CC)C(O)c1ccc(NC(C)=O)cc1.CS(=O)(=O)O. The van der Waals surface area contributed by atoms with Gasteiger partial charge in [-0.2, -0.15) is 8.42 Å². The van der Waals surface area contributed by atoms with Crippen LogP contribution >= 0.6 is 0 Å². The van der Waals surface area contributed by atoms with Crippen LogP contribution in [0.1, 0.15) is 45.3 Å². The van der Waals surface area contributed by atoms with E-state index >= 15 is 0 Å². The van der Waals surface area contributed by atoms with E-state index in [0.717, 1.165) is 24.1 Å². The molecule has 1 aromatic rings. The zero-order valence-electron chi connectivity index (χ0n) is 13.4. The van der Waals surface area contributed by atoms with E-state index in [0.29, 0.717) is 12.2 Å². The Morgan fingerprint density at radius 3 is 1.91 bits per heavy atom. The molecule has 7 heteroatoms. The van der Waals surface area contributed by atoms with E-state index in [2.05, 4.69) is 19.2 Å². The van der Waals surface area contributed by atoms with Gasteiger partial charge in [0.15, 0.2) is 0 Å². The Kier molecular flexibility index (Phi) is 8.93. The smallest absolute Gasteiger partial charge is 0.261 e. The van der Waals surface area contributed by atoms with Crippen molar-refractivity contribution in [2.75, 3.05) is 11.6 Å². The van der Waals surface area contributed by atoms with Crippen LogP contribution in [0.5, 0.6) is 0 Å². The fraction of sp³-hybridized carbons (Fsp3) is 0.533. The lowest BCUT2D eigenvalue weighted by Crippen LogP contribution is -2.11. The van der Waals surface area contributed by atoms with Gasteiger partial charge in [-0.1, -0.05) is 38.8 Å². The molecule has 1 rings (SSSR count). The Bertz CT molecular complexity index is 542. The molecular formula is C15H25NO5S. The van der Waals surface area contributed by atoms with E-state index in [4.69, 9.17) is 4.55 Å². The number of nitrogens with one attached hydrogen (secondary N) is 1. The summed E-state index contributed by atoms with van der Waals surface area (Å²) in [6.45, 7) is 5.65. The van der Waals surface area contributed by atoms with Crippen molar-refractivity contribution in [1.29, 1.82) is 0 Å². The quantitative estimate of drug-likeness (QED) is 0.720. The van der Waals surface area contributed by atoms with Gasteiger partial charge in [-0.15, -0.1) is 0 Å². The Morgan fingerprint density at radius 1 is 1.18 bits per heavy atom. The van der Waals surface area contributed by atoms with E-state index < -0.39 is 16.2 Å². The molecule has 1 amide bonds. The van der Waals surface area contributed by atoms with E-state index in [1.54, 1.807) is 0 Å². The molecule has 0 saturated heterocycles. The van der Waals surface area contributed by atoms with Crippen LogP contribution in [0, 0.1) is 5.92 Å². The van der Waals surface area contributed by atoms with Gasteiger partial charge in [0.05, 0.1) is 12.4 Å². The summed E-state index contributed by atoms with van der Waals surface area (Å²) in [6, 6.07) is 7.38. The monoisotopic (exact) mass is 331 g/mol. The van der Waals surface area contributed by atoms with Crippen molar-refractivity contribution in [1.82, 2.24) is 0 Å². The van der Waals surface area contributed by atoms with Crippen molar-refractivity contribution in [2.24, 2.45) is 5.92 Å². The topological polar surface area (TPSA) is 104 Å². The predicted molar refractivity (Wildman–Crippen MR) is 87.3 cm³/mol. The second-order valence-electron chi connectivity index (χ2n) is 5.06. The van der Waals surface area contributed by atoms with Crippen molar-refractivity contribution in [3.05, 3.63) is 29.8 Å². The lowest BCUT2D eigenvalue weighted by Gasteiger charge is -2.20. The summed E-state index contributed by atoms with van der Waals surface area (Å²) < 4.78 is 25.9. The first-order chi connectivity index (χ1) is 10.1. The number of rotatable bonds is 5. The summed E-state index contributed by atoms with van der Waals surface area (Å²) in [5, 5.41) is 12.9. The maximum absolute atomic E-state index is 10.9. The van der Waals surface area contributed by atoms with Crippen molar-refractivity contribution in [3.8, 4) is 0 Å². The van der Waals surface area contributed by atoms with Gasteiger partial charge in [-0.3, -0.25) is 9.35 Å². The van der Waals surface area contributed by atoms with E-state index in [1.807, 2.05) is 24.3 Å². The molecule has 0 aliphatic heterocycles. The molecule has 126 valence electrons. The third-order valence-corrected chi connectivity index (χ3v) is 3.07. The maximum Gasteiger partial charge on any atom is 0.261 e. The third-order valence-electron chi connectivity index (χ3n) is 3.07. The van der Waals surface area contributed by atoms with Gasteiger partial charge >= 0.3 is 0 Å². The van der Waals surface area contributed by atoms with Crippen molar-refractivity contribution >= 4 is 21.7 Å². The molecule has 0 aliphatic carbocycles. The number of anilines is 1. The van der Waals surface area contributed by atoms with Gasteiger partial charge in [-0.05, 0) is 23.6 Å². The largest absolute Gasteiger partial charge is 0.388 e. The van der Waals surface area contributed by atoms with Gasteiger partial charge < -0.3 is 10.4 Å². The average molecular weight is 331 g/mol. The van der Waals surface area contributed by atoms with Crippen molar-refractivity contribution in [2.45, 2.75) is 39.7 Å². The molecular weight excluding hydrogens is 306 g/mol. The Morgan fingerprint density at radius 2 is 1.59 bits per heavy atom. The predicted octanol–water partition coefficient (Wildman–Crippen LogP) is 2.62. The molecule has 3 N–H and O–H groups in total. The number of aliphatic hydroxyl groups is 1. The first-order valence-electron chi connectivity index (χ1n) is 7.06. The summed E-state index contributed by atoms with van der Waals surface area (Å²) in [4.78, 5) is 10.9. The van der Waals surface area contributed by atoms with Crippen molar-refractivity contribution < 1.29 is 22.9 Å². The molecule has 0 radical (unpaired) electrons. The molecule has 6 nitrogen and oxygen atoms in total. The highest BCUT2D eigenvalue weighted by Gasteiger charge is 2.17. The zero-order valence-corrected chi connectivity index (χ0v) is 14.2. The molecule has 0 bridgehead atoms. The van der Waals surface area contributed by atoms with Crippen LogP contribution < -0.4 is 5.32 Å². The molecule has 0 fully saturated rings. The molecule has 1 unspecified atom stereocenters. The Labute approximate surface area is 132 Å². The lowest BCUT2D eigenvalue weighted by atomic mass is 9.91. The Hall–Kier alpha value is -1.44. The standard InChI is InChI=1S/C14H21NO2.CH4O3S/c1-4-11(5-2)14(17)12-6-8-13(9-7-12)15-10(3)16;1-5(2,3)4/h6-9,11,14,17H,4-5H2,1-3H3,(H,15,16);1H3,(H,2,3,4). The minimum absolute atomic E-state index is 0.0849. The summed E-state index contributed by atoms with van der Waals surface area (Å²) in [7, 11) is -3.67. The van der Waals surface area contributed by atoms with Crippen LogP contribution in [0.4, 0.5) is 5.69 Å². The molecule has 0 aromatic heterocycles. The molecule has 0 saturated carbocycles. The molecule has 0 spiro atoms. The van der Waals surface area contributed by atoms with Crippen LogP contribution in [-0.4, -0.2) is 30.2 Å². The number of hydrogen-bond donors (Lipinski definition) is 3. The van der Waals surface area contributed by atoms with Gasteiger partial charge in [0.25, 0.3) is 10.1 Å². The van der Waals surface area contributed by atoms with Gasteiger partial charge in [-0.25, -0.2) is 0 Å². The number of aliphatic hydroxyl groups excluding tert-OH is 1. The normalized spacial score (nSPS) is 12.3. The number of hydrogen-bond acceptors (Lipinski definition) is 4. The molecule has 0 aliphatic rings. The van der Waals surface area contributed by atoms with Crippen molar-refractivity contribution in [3.63, 3.8) is 0 Å². The highest BCUT2D eigenvalue weighted by Crippen LogP contribution is 2.27. The highest BCUT2D eigenvalue weighted by molar-refractivity contribution is 7.85.